The average Bonchev–Trinajstić information content (AvgIpc) is 2.68. The lowest BCUT2D eigenvalue weighted by Crippen LogP contribution is -2.34. The maximum atomic E-state index is 12.1. The molecule has 0 aliphatic rings. The molecule has 2 aromatic rings. The predicted octanol–water partition coefficient (Wildman–Crippen LogP) is 4.43. The quantitative estimate of drug-likeness (QED) is 0.470. The SMILES string of the molecule is CCOc1cc(C=NNc2cccc(Cl)c2)ccc1OCC(=O)N(CC)CC. The second-order valence-electron chi connectivity index (χ2n) is 5.87. The van der Waals surface area contributed by atoms with Gasteiger partial charge in [0.25, 0.3) is 5.91 Å². The van der Waals surface area contributed by atoms with Crippen LogP contribution in [0.5, 0.6) is 11.5 Å². The Morgan fingerprint density at radius 1 is 1.11 bits per heavy atom. The van der Waals surface area contributed by atoms with Crippen molar-refractivity contribution in [3.05, 3.63) is 53.1 Å². The van der Waals surface area contributed by atoms with Crippen LogP contribution in [-0.2, 0) is 4.79 Å². The highest BCUT2D eigenvalue weighted by Gasteiger charge is 2.12. The molecule has 150 valence electrons. The normalized spacial score (nSPS) is 10.7. The van der Waals surface area contributed by atoms with Gasteiger partial charge < -0.3 is 14.4 Å². The Morgan fingerprint density at radius 2 is 1.89 bits per heavy atom. The number of halogens is 1. The van der Waals surface area contributed by atoms with Crippen LogP contribution in [0.25, 0.3) is 0 Å². The van der Waals surface area contributed by atoms with Crippen molar-refractivity contribution in [1.82, 2.24) is 4.90 Å². The molecule has 0 aliphatic carbocycles. The Morgan fingerprint density at radius 3 is 2.57 bits per heavy atom. The summed E-state index contributed by atoms with van der Waals surface area (Å²) >= 11 is 5.95. The highest BCUT2D eigenvalue weighted by Crippen LogP contribution is 2.28. The van der Waals surface area contributed by atoms with E-state index in [0.29, 0.717) is 36.2 Å². The summed E-state index contributed by atoms with van der Waals surface area (Å²) in [7, 11) is 0. The van der Waals surface area contributed by atoms with E-state index in [4.69, 9.17) is 21.1 Å². The van der Waals surface area contributed by atoms with E-state index in [1.165, 1.54) is 0 Å². The molecule has 1 N–H and O–H groups in total. The molecule has 2 aromatic carbocycles. The molecule has 0 saturated heterocycles. The van der Waals surface area contributed by atoms with E-state index in [1.807, 2.05) is 45.0 Å². The number of likely N-dealkylation sites (N-methyl/N-ethyl adjacent to an activating group) is 1. The first-order valence-corrected chi connectivity index (χ1v) is 9.67. The number of carbonyl (C=O) groups excluding carboxylic acids is 1. The number of amides is 1. The van der Waals surface area contributed by atoms with Gasteiger partial charge in [-0.3, -0.25) is 10.2 Å². The minimum absolute atomic E-state index is 0.0223. The standard InChI is InChI=1S/C21H26ClN3O3/c1-4-25(5-2)21(26)15-28-19-11-10-16(12-20(19)27-6-3)14-23-24-18-9-7-8-17(22)13-18/h7-14,24H,4-6,15H2,1-3H3. The first-order valence-electron chi connectivity index (χ1n) is 9.29. The molecule has 0 fully saturated rings. The van der Waals surface area contributed by atoms with Crippen LogP contribution in [0.4, 0.5) is 5.69 Å². The van der Waals surface area contributed by atoms with E-state index in [0.717, 1.165) is 11.3 Å². The molecule has 6 nitrogen and oxygen atoms in total. The van der Waals surface area contributed by atoms with Crippen molar-refractivity contribution >= 4 is 29.4 Å². The summed E-state index contributed by atoms with van der Waals surface area (Å²) in [6, 6.07) is 12.8. The van der Waals surface area contributed by atoms with Gasteiger partial charge in [0.1, 0.15) is 0 Å². The van der Waals surface area contributed by atoms with Crippen LogP contribution in [0, 0.1) is 0 Å². The molecular formula is C21H26ClN3O3. The molecular weight excluding hydrogens is 378 g/mol. The van der Waals surface area contributed by atoms with Gasteiger partial charge in [-0.1, -0.05) is 17.7 Å². The number of nitrogens with one attached hydrogen (secondary N) is 1. The van der Waals surface area contributed by atoms with E-state index in [1.54, 1.807) is 29.3 Å². The van der Waals surface area contributed by atoms with Crippen molar-refractivity contribution in [3.63, 3.8) is 0 Å². The largest absolute Gasteiger partial charge is 0.490 e. The van der Waals surface area contributed by atoms with Gasteiger partial charge >= 0.3 is 0 Å². The number of anilines is 1. The molecule has 0 unspecified atom stereocenters. The van der Waals surface area contributed by atoms with Gasteiger partial charge in [-0.25, -0.2) is 0 Å². The maximum Gasteiger partial charge on any atom is 0.260 e. The zero-order valence-electron chi connectivity index (χ0n) is 16.4. The fourth-order valence-corrected chi connectivity index (χ4v) is 2.73. The second kappa shape index (κ2) is 11.2. The van der Waals surface area contributed by atoms with Crippen LogP contribution < -0.4 is 14.9 Å². The van der Waals surface area contributed by atoms with E-state index >= 15 is 0 Å². The van der Waals surface area contributed by atoms with E-state index in [-0.39, 0.29) is 12.5 Å². The molecule has 0 aliphatic heterocycles. The average molecular weight is 404 g/mol. The van der Waals surface area contributed by atoms with Crippen LogP contribution in [0.2, 0.25) is 5.02 Å². The second-order valence-corrected chi connectivity index (χ2v) is 6.31. The molecule has 0 atom stereocenters. The third kappa shape index (κ3) is 6.46. The van der Waals surface area contributed by atoms with Gasteiger partial charge in [-0.05, 0) is 62.7 Å². The Hall–Kier alpha value is -2.73. The Kier molecular flexibility index (Phi) is 8.62. The number of hydrazone groups is 1. The zero-order valence-corrected chi connectivity index (χ0v) is 17.2. The minimum atomic E-state index is -0.0520. The molecule has 2 rings (SSSR count). The first kappa shape index (κ1) is 21.6. The third-order valence-corrected chi connectivity index (χ3v) is 4.20. The molecule has 0 heterocycles. The summed E-state index contributed by atoms with van der Waals surface area (Å²) in [6.45, 7) is 7.56. The molecule has 0 radical (unpaired) electrons. The number of hydrogen-bond acceptors (Lipinski definition) is 5. The van der Waals surface area contributed by atoms with Crippen molar-refractivity contribution in [3.8, 4) is 11.5 Å². The molecule has 7 heteroatoms. The lowest BCUT2D eigenvalue weighted by atomic mass is 10.2. The topological polar surface area (TPSA) is 63.2 Å². The fraction of sp³-hybridized carbons (Fsp3) is 0.333. The number of hydrogen-bond donors (Lipinski definition) is 1. The molecule has 28 heavy (non-hydrogen) atoms. The van der Waals surface area contributed by atoms with Crippen LogP contribution >= 0.6 is 11.6 Å². The van der Waals surface area contributed by atoms with Gasteiger partial charge in [-0.15, -0.1) is 0 Å². The molecule has 1 amide bonds. The van der Waals surface area contributed by atoms with E-state index in [9.17, 15) is 4.79 Å². The van der Waals surface area contributed by atoms with Crippen molar-refractivity contribution < 1.29 is 14.3 Å². The van der Waals surface area contributed by atoms with Crippen LogP contribution in [0.1, 0.15) is 26.3 Å². The van der Waals surface area contributed by atoms with Crippen molar-refractivity contribution in [2.45, 2.75) is 20.8 Å². The Labute approximate surface area is 171 Å². The summed E-state index contributed by atoms with van der Waals surface area (Å²) in [5.41, 5.74) is 4.56. The predicted molar refractivity (Wildman–Crippen MR) is 114 cm³/mol. The summed E-state index contributed by atoms with van der Waals surface area (Å²) in [5.74, 6) is 1.05. The van der Waals surface area contributed by atoms with Crippen LogP contribution in [0.3, 0.4) is 0 Å². The molecule has 0 bridgehead atoms. The molecule has 0 aromatic heterocycles. The maximum absolute atomic E-state index is 12.1. The summed E-state index contributed by atoms with van der Waals surface area (Å²) in [5, 5.41) is 4.85. The minimum Gasteiger partial charge on any atom is -0.490 e. The van der Waals surface area contributed by atoms with Crippen LogP contribution in [0.15, 0.2) is 47.6 Å². The number of rotatable bonds is 10. The third-order valence-electron chi connectivity index (χ3n) is 3.97. The van der Waals surface area contributed by atoms with Gasteiger partial charge in [0.2, 0.25) is 0 Å². The summed E-state index contributed by atoms with van der Waals surface area (Å²) in [4.78, 5) is 13.9. The number of benzene rings is 2. The van der Waals surface area contributed by atoms with E-state index in [2.05, 4.69) is 10.5 Å². The Balaban J connectivity index is 2.04. The molecule has 0 spiro atoms. The summed E-state index contributed by atoms with van der Waals surface area (Å²) < 4.78 is 11.3. The highest BCUT2D eigenvalue weighted by atomic mass is 35.5. The Bertz CT molecular complexity index is 807. The van der Waals surface area contributed by atoms with Crippen molar-refractivity contribution in [2.75, 3.05) is 31.7 Å². The van der Waals surface area contributed by atoms with Crippen molar-refractivity contribution in [1.29, 1.82) is 0 Å². The summed E-state index contributed by atoms with van der Waals surface area (Å²) in [6.07, 6.45) is 1.67. The monoisotopic (exact) mass is 403 g/mol. The zero-order chi connectivity index (χ0) is 20.4. The lowest BCUT2D eigenvalue weighted by Gasteiger charge is -2.19. The van der Waals surface area contributed by atoms with E-state index < -0.39 is 0 Å². The smallest absolute Gasteiger partial charge is 0.260 e. The number of ether oxygens (including phenoxy) is 2. The lowest BCUT2D eigenvalue weighted by molar-refractivity contribution is -0.132. The number of nitrogens with zero attached hydrogens (tertiary/aromatic N) is 2. The van der Waals surface area contributed by atoms with Gasteiger partial charge in [0.05, 0.1) is 18.5 Å². The van der Waals surface area contributed by atoms with Gasteiger partial charge in [-0.2, -0.15) is 5.10 Å². The van der Waals surface area contributed by atoms with Gasteiger partial charge in [0.15, 0.2) is 18.1 Å². The van der Waals surface area contributed by atoms with Crippen LogP contribution in [-0.4, -0.2) is 43.3 Å². The van der Waals surface area contributed by atoms with Crippen molar-refractivity contribution in [2.24, 2.45) is 5.10 Å². The fourth-order valence-electron chi connectivity index (χ4n) is 2.54. The number of carbonyl (C=O) groups is 1. The van der Waals surface area contributed by atoms with Gasteiger partial charge in [0, 0.05) is 18.1 Å². The molecule has 0 saturated carbocycles. The first-order chi connectivity index (χ1) is 13.6. The highest BCUT2D eigenvalue weighted by molar-refractivity contribution is 6.30.